The Morgan fingerprint density at radius 1 is 1.28 bits per heavy atom. The molecule has 1 aromatic carbocycles. The van der Waals surface area contributed by atoms with Crippen molar-refractivity contribution in [3.8, 4) is 0 Å². The largest absolute Gasteiger partial charge is 0.396 e. The number of hydrogen-bond donors (Lipinski definition) is 2. The number of nitrogens with one attached hydrogen (secondary N) is 1. The summed E-state index contributed by atoms with van der Waals surface area (Å²) >= 11 is 0. The number of aryl methyl sites for hydroxylation is 1. The predicted octanol–water partition coefficient (Wildman–Crippen LogP) is 1.19. The van der Waals surface area contributed by atoms with Crippen LogP contribution in [0.5, 0.6) is 0 Å². The van der Waals surface area contributed by atoms with Gasteiger partial charge in [-0.2, -0.15) is 0 Å². The minimum absolute atomic E-state index is 0.00517. The monoisotopic (exact) mass is 269 g/mol. The highest BCUT2D eigenvalue weighted by Gasteiger charge is 2.42. The molecule has 0 spiro atoms. The molecule has 2 N–H and O–H groups in total. The smallest absolute Gasteiger partial charge is 0.215 e. The van der Waals surface area contributed by atoms with Gasteiger partial charge in [-0.25, -0.2) is 13.1 Å². The molecular formula is C13H19NO3S. The van der Waals surface area contributed by atoms with E-state index in [-0.39, 0.29) is 17.8 Å². The van der Waals surface area contributed by atoms with Crippen molar-refractivity contribution < 1.29 is 13.5 Å². The minimum Gasteiger partial charge on any atom is -0.396 e. The van der Waals surface area contributed by atoms with Crippen molar-refractivity contribution in [2.24, 2.45) is 5.41 Å². The molecule has 0 aromatic heterocycles. The van der Waals surface area contributed by atoms with Crippen LogP contribution in [0, 0.1) is 12.3 Å². The van der Waals surface area contributed by atoms with Crippen LogP contribution in [0.25, 0.3) is 0 Å². The van der Waals surface area contributed by atoms with Crippen molar-refractivity contribution in [2.75, 3.05) is 13.2 Å². The summed E-state index contributed by atoms with van der Waals surface area (Å²) in [5.41, 5.74) is 1.70. The Balaban J connectivity index is 1.93. The first kappa shape index (κ1) is 13.5. The third-order valence-corrected chi connectivity index (χ3v) is 4.73. The van der Waals surface area contributed by atoms with Crippen LogP contribution in [0.15, 0.2) is 24.3 Å². The van der Waals surface area contributed by atoms with Crippen LogP contribution >= 0.6 is 0 Å². The summed E-state index contributed by atoms with van der Waals surface area (Å²) in [7, 11) is -3.31. The lowest BCUT2D eigenvalue weighted by molar-refractivity contribution is 0.213. The molecule has 0 unspecified atom stereocenters. The molecule has 2 rings (SSSR count). The number of rotatable bonds is 6. The van der Waals surface area contributed by atoms with Gasteiger partial charge in [-0.05, 0) is 25.3 Å². The maximum absolute atomic E-state index is 11.9. The normalized spacial score (nSPS) is 17.7. The van der Waals surface area contributed by atoms with E-state index in [1.807, 2.05) is 31.2 Å². The molecule has 0 aliphatic heterocycles. The number of aliphatic hydroxyl groups excluding tert-OH is 1. The summed E-state index contributed by atoms with van der Waals surface area (Å²) < 4.78 is 26.4. The molecule has 1 aromatic rings. The van der Waals surface area contributed by atoms with E-state index in [0.29, 0.717) is 6.54 Å². The van der Waals surface area contributed by atoms with E-state index in [1.54, 1.807) is 0 Å². The molecule has 100 valence electrons. The molecule has 0 amide bonds. The van der Waals surface area contributed by atoms with E-state index in [2.05, 4.69) is 4.72 Å². The number of aliphatic hydroxyl groups is 1. The molecule has 1 aliphatic rings. The summed E-state index contributed by atoms with van der Waals surface area (Å²) in [5.74, 6) is -0.00517. The average Bonchev–Trinajstić information content (AvgIpc) is 3.10. The second-order valence-electron chi connectivity index (χ2n) is 5.22. The molecule has 0 heterocycles. The topological polar surface area (TPSA) is 66.4 Å². The van der Waals surface area contributed by atoms with Gasteiger partial charge in [0.15, 0.2) is 0 Å². The molecule has 1 fully saturated rings. The molecule has 0 saturated heterocycles. The first-order valence-electron chi connectivity index (χ1n) is 6.09. The highest BCUT2D eigenvalue weighted by molar-refractivity contribution is 7.88. The summed E-state index contributed by atoms with van der Waals surface area (Å²) in [6.45, 7) is 2.37. The molecule has 1 saturated carbocycles. The predicted molar refractivity (Wildman–Crippen MR) is 70.6 cm³/mol. The molecule has 0 radical (unpaired) electrons. The van der Waals surface area contributed by atoms with Gasteiger partial charge in [-0.1, -0.05) is 29.8 Å². The Labute approximate surface area is 108 Å². The van der Waals surface area contributed by atoms with Crippen molar-refractivity contribution in [3.63, 3.8) is 0 Å². The Bertz CT molecular complexity index is 504. The van der Waals surface area contributed by atoms with E-state index >= 15 is 0 Å². The second kappa shape index (κ2) is 4.99. The van der Waals surface area contributed by atoms with E-state index in [0.717, 1.165) is 24.0 Å². The van der Waals surface area contributed by atoms with E-state index in [4.69, 9.17) is 5.11 Å². The van der Waals surface area contributed by atoms with Gasteiger partial charge in [-0.15, -0.1) is 0 Å². The minimum atomic E-state index is -3.31. The fourth-order valence-corrected chi connectivity index (χ4v) is 3.04. The third kappa shape index (κ3) is 3.54. The molecule has 18 heavy (non-hydrogen) atoms. The first-order valence-corrected chi connectivity index (χ1v) is 7.74. The molecule has 0 bridgehead atoms. The maximum Gasteiger partial charge on any atom is 0.215 e. The van der Waals surface area contributed by atoms with Gasteiger partial charge < -0.3 is 5.11 Å². The Morgan fingerprint density at radius 2 is 1.89 bits per heavy atom. The number of hydrogen-bond acceptors (Lipinski definition) is 3. The van der Waals surface area contributed by atoms with Crippen LogP contribution in [-0.2, 0) is 15.8 Å². The average molecular weight is 269 g/mol. The molecular weight excluding hydrogens is 250 g/mol. The van der Waals surface area contributed by atoms with Gasteiger partial charge in [0.1, 0.15) is 0 Å². The highest BCUT2D eigenvalue weighted by Crippen LogP contribution is 2.44. The van der Waals surface area contributed by atoms with E-state index in [1.165, 1.54) is 0 Å². The van der Waals surface area contributed by atoms with Gasteiger partial charge in [0.25, 0.3) is 0 Å². The lowest BCUT2D eigenvalue weighted by atomic mass is 10.1. The quantitative estimate of drug-likeness (QED) is 0.815. The van der Waals surface area contributed by atoms with Crippen LogP contribution in [0.2, 0.25) is 0 Å². The zero-order valence-corrected chi connectivity index (χ0v) is 11.3. The van der Waals surface area contributed by atoms with Crippen molar-refractivity contribution in [1.82, 2.24) is 4.72 Å². The second-order valence-corrected chi connectivity index (χ2v) is 7.03. The zero-order chi connectivity index (χ0) is 13.2. The Hall–Kier alpha value is -0.910. The fraction of sp³-hybridized carbons (Fsp3) is 0.538. The van der Waals surface area contributed by atoms with E-state index < -0.39 is 10.0 Å². The van der Waals surface area contributed by atoms with Crippen LogP contribution in [0.3, 0.4) is 0 Å². The van der Waals surface area contributed by atoms with Gasteiger partial charge in [0.2, 0.25) is 10.0 Å². The van der Waals surface area contributed by atoms with Crippen molar-refractivity contribution in [1.29, 1.82) is 0 Å². The van der Waals surface area contributed by atoms with Gasteiger partial charge in [0.05, 0.1) is 5.75 Å². The van der Waals surface area contributed by atoms with Crippen LogP contribution < -0.4 is 4.72 Å². The fourth-order valence-electron chi connectivity index (χ4n) is 1.79. The van der Waals surface area contributed by atoms with Crippen molar-refractivity contribution in [2.45, 2.75) is 25.5 Å². The number of sulfonamides is 1. The van der Waals surface area contributed by atoms with Gasteiger partial charge >= 0.3 is 0 Å². The standard InChI is InChI=1S/C13H19NO3S/c1-11-2-4-12(5-3-11)8-18(16,17)14-9-13(10-15)6-7-13/h2-5,14-15H,6-10H2,1H3. The lowest BCUT2D eigenvalue weighted by Crippen LogP contribution is -2.32. The van der Waals surface area contributed by atoms with E-state index in [9.17, 15) is 8.42 Å². The third-order valence-electron chi connectivity index (χ3n) is 3.44. The highest BCUT2D eigenvalue weighted by atomic mass is 32.2. The van der Waals surface area contributed by atoms with Gasteiger partial charge in [-0.3, -0.25) is 0 Å². The summed E-state index contributed by atoms with van der Waals surface area (Å²) in [6.07, 6.45) is 1.80. The van der Waals surface area contributed by atoms with Crippen molar-refractivity contribution in [3.05, 3.63) is 35.4 Å². The lowest BCUT2D eigenvalue weighted by Gasteiger charge is -2.13. The summed E-state index contributed by atoms with van der Waals surface area (Å²) in [4.78, 5) is 0. The Kier molecular flexibility index (Phi) is 3.75. The molecule has 4 nitrogen and oxygen atoms in total. The SMILES string of the molecule is Cc1ccc(CS(=O)(=O)NCC2(CO)CC2)cc1. The molecule has 1 aliphatic carbocycles. The van der Waals surface area contributed by atoms with Crippen LogP contribution in [0.4, 0.5) is 0 Å². The molecule has 5 heteroatoms. The van der Waals surface area contributed by atoms with Gasteiger partial charge in [0, 0.05) is 18.6 Å². The molecule has 0 atom stereocenters. The maximum atomic E-state index is 11.9. The Morgan fingerprint density at radius 3 is 2.39 bits per heavy atom. The van der Waals surface area contributed by atoms with Crippen LogP contribution in [0.1, 0.15) is 24.0 Å². The number of benzene rings is 1. The first-order chi connectivity index (χ1) is 8.45. The summed E-state index contributed by atoms with van der Waals surface area (Å²) in [5, 5.41) is 9.14. The summed E-state index contributed by atoms with van der Waals surface area (Å²) in [6, 6.07) is 7.46. The van der Waals surface area contributed by atoms with Crippen LogP contribution in [-0.4, -0.2) is 26.7 Å². The zero-order valence-electron chi connectivity index (χ0n) is 10.5. The van der Waals surface area contributed by atoms with Crippen molar-refractivity contribution >= 4 is 10.0 Å².